The number of halogens is 2. The lowest BCUT2D eigenvalue weighted by Crippen LogP contribution is -2.25. The Balaban J connectivity index is 1.83. The fourth-order valence-corrected chi connectivity index (χ4v) is 4.00. The molecule has 1 N–H and O–H groups in total. The molecule has 0 amide bonds. The van der Waals surface area contributed by atoms with Gasteiger partial charge in [0.1, 0.15) is 27.1 Å². The van der Waals surface area contributed by atoms with Gasteiger partial charge in [-0.15, -0.1) is 0 Å². The third-order valence-corrected chi connectivity index (χ3v) is 5.61. The second-order valence-electron chi connectivity index (χ2n) is 5.80. The lowest BCUT2D eigenvalue weighted by Gasteiger charge is -2.20. The van der Waals surface area contributed by atoms with E-state index in [1.807, 2.05) is 0 Å². The third-order valence-electron chi connectivity index (χ3n) is 3.91. The predicted octanol–water partition coefficient (Wildman–Crippen LogP) is 2.76. The van der Waals surface area contributed by atoms with Crippen molar-refractivity contribution >= 4 is 31.5 Å². The Morgan fingerprint density at radius 2 is 2.15 bits per heavy atom. The van der Waals surface area contributed by atoms with E-state index >= 15 is 0 Å². The number of hydrogen-bond donors (Lipinski definition) is 1. The van der Waals surface area contributed by atoms with Crippen molar-refractivity contribution < 1.29 is 28.1 Å². The van der Waals surface area contributed by atoms with Gasteiger partial charge in [-0.1, -0.05) is 16.4 Å². The third kappa shape index (κ3) is 4.47. The summed E-state index contributed by atoms with van der Waals surface area (Å²) < 4.78 is 73.7. The van der Waals surface area contributed by atoms with Crippen LogP contribution in [0.15, 0.2) is 32.5 Å². The fraction of sp³-hybridized carbons (Fsp3) is 0.438. The molecular weight excluding hydrogens is 429 g/mol. The summed E-state index contributed by atoms with van der Waals surface area (Å²) >= 11 is 3.07. The monoisotopic (exact) mass is 449 g/mol. The molecule has 1 fully saturated rings. The topological polar surface area (TPSA) is 106 Å². The predicted molar refractivity (Wildman–Crippen MR) is 95.5 cm³/mol. The summed E-state index contributed by atoms with van der Waals surface area (Å²) in [4.78, 5) is 0. The van der Waals surface area contributed by atoms with Crippen molar-refractivity contribution in [1.82, 2.24) is 10.3 Å². The van der Waals surface area contributed by atoms with E-state index in [4.69, 9.17) is 10.1 Å². The maximum atomic E-state index is 13.4. The van der Waals surface area contributed by atoms with Gasteiger partial charge in [-0.2, -0.15) is 0 Å². The first-order valence-electron chi connectivity index (χ1n) is 9.59. The van der Waals surface area contributed by atoms with Gasteiger partial charge in [0, 0.05) is 11.9 Å². The average molecular weight is 450 g/mol. The minimum atomic E-state index is -4.62. The molecule has 3 rings (SSSR count). The molecule has 0 bridgehead atoms. The summed E-state index contributed by atoms with van der Waals surface area (Å²) in [5.74, 6) is -1.16. The van der Waals surface area contributed by atoms with Crippen LogP contribution in [0.5, 0.6) is 0 Å². The van der Waals surface area contributed by atoms with Gasteiger partial charge in [-0.05, 0) is 64.0 Å². The van der Waals surface area contributed by atoms with Crippen LogP contribution in [-0.4, -0.2) is 41.1 Å². The molecule has 26 heavy (non-hydrogen) atoms. The van der Waals surface area contributed by atoms with Crippen molar-refractivity contribution in [3.63, 3.8) is 0 Å². The summed E-state index contributed by atoms with van der Waals surface area (Å²) in [5, 5.41) is 20.1. The van der Waals surface area contributed by atoms with E-state index < -0.39 is 45.8 Å². The lowest BCUT2D eigenvalue weighted by molar-refractivity contribution is 0.298. The van der Waals surface area contributed by atoms with Crippen molar-refractivity contribution in [2.45, 2.75) is 25.7 Å². The molecule has 2 aromatic rings. The molecular formula is C16H17BrFN3O4S. The van der Waals surface area contributed by atoms with E-state index in [0.29, 0.717) is 5.56 Å². The van der Waals surface area contributed by atoms with Crippen LogP contribution >= 0.6 is 15.9 Å². The number of sulfone groups is 1. The van der Waals surface area contributed by atoms with E-state index in [9.17, 15) is 18.0 Å². The highest BCUT2D eigenvalue weighted by Crippen LogP contribution is 2.24. The summed E-state index contributed by atoms with van der Waals surface area (Å²) in [6.45, 7) is 0. The maximum Gasteiger partial charge on any atom is 0.156 e. The van der Waals surface area contributed by atoms with Gasteiger partial charge in [0.05, 0.1) is 15.9 Å². The van der Waals surface area contributed by atoms with E-state index in [-0.39, 0.29) is 34.4 Å². The Hall–Kier alpha value is -1.81. The second kappa shape index (κ2) is 7.83. The zero-order chi connectivity index (χ0) is 22.3. The minimum Gasteiger partial charge on any atom is -0.411 e. The normalized spacial score (nSPS) is 24.3. The molecule has 0 atom stereocenters. The Kier molecular flexibility index (Phi) is 4.30. The molecule has 140 valence electrons. The average Bonchev–Trinajstić information content (AvgIpc) is 3.08. The molecule has 1 saturated heterocycles. The molecule has 1 aliphatic rings. The Bertz CT molecular complexity index is 1070. The first-order chi connectivity index (χ1) is 13.9. The molecule has 0 spiro atoms. The van der Waals surface area contributed by atoms with Crippen molar-refractivity contribution in [3.05, 3.63) is 45.4 Å². The first-order valence-corrected chi connectivity index (χ1v) is 9.86. The number of hydrogen-bond acceptors (Lipinski definition) is 7. The van der Waals surface area contributed by atoms with Crippen molar-refractivity contribution in [2.24, 2.45) is 11.1 Å². The van der Waals surface area contributed by atoms with Gasteiger partial charge in [0.2, 0.25) is 0 Å². The second-order valence-corrected chi connectivity index (χ2v) is 8.24. The number of rotatable bonds is 5. The van der Waals surface area contributed by atoms with Crippen LogP contribution in [-0.2, 0) is 22.7 Å². The van der Waals surface area contributed by atoms with E-state index in [2.05, 4.69) is 31.4 Å². The van der Waals surface area contributed by atoms with Gasteiger partial charge in [0.25, 0.3) is 0 Å². The molecule has 1 aromatic heterocycles. The molecule has 10 heteroatoms. The van der Waals surface area contributed by atoms with Crippen molar-refractivity contribution in [2.75, 3.05) is 11.4 Å². The van der Waals surface area contributed by atoms with Crippen LogP contribution in [0.1, 0.15) is 35.3 Å². The standard InChI is InChI=1S/C16H17BrFN3O4S/c17-12-7-11(1-2-13(12)18)9-14(19-22)16-15(20-25-21-16)8-10-3-5-26(23,24)6-4-10/h1-2,7,10,22H,3-6,8-9H2/i5D2,6D2. The highest BCUT2D eigenvalue weighted by molar-refractivity contribution is 9.10. The van der Waals surface area contributed by atoms with Crippen molar-refractivity contribution in [1.29, 1.82) is 0 Å². The SMILES string of the molecule is [2H]C1([2H])CC(Cc2nonc2C(Cc2ccc(F)c(Br)c2)=NO)CC([2H])([2H])S1(=O)=O. The molecule has 0 saturated carbocycles. The van der Waals surface area contributed by atoms with Gasteiger partial charge >= 0.3 is 0 Å². The number of nitrogens with zero attached hydrogens (tertiary/aromatic N) is 3. The van der Waals surface area contributed by atoms with Crippen LogP contribution in [0.4, 0.5) is 4.39 Å². The Morgan fingerprint density at radius 1 is 1.42 bits per heavy atom. The summed E-state index contributed by atoms with van der Waals surface area (Å²) in [6, 6.07) is 4.24. The van der Waals surface area contributed by atoms with E-state index in [1.165, 1.54) is 18.2 Å². The zero-order valence-corrected chi connectivity index (χ0v) is 15.7. The number of aromatic nitrogens is 2. The quantitative estimate of drug-likeness (QED) is 0.427. The minimum absolute atomic E-state index is 0.0283. The van der Waals surface area contributed by atoms with E-state index in [0.717, 1.165) is 0 Å². The highest BCUT2D eigenvalue weighted by atomic mass is 79.9. The molecule has 0 aliphatic carbocycles. The zero-order valence-electron chi connectivity index (χ0n) is 17.3. The first kappa shape index (κ1) is 14.3. The van der Waals surface area contributed by atoms with Crippen LogP contribution in [0.3, 0.4) is 0 Å². The number of benzene rings is 1. The van der Waals surface area contributed by atoms with Gasteiger partial charge in [-0.3, -0.25) is 0 Å². The fourth-order valence-electron chi connectivity index (χ4n) is 2.57. The molecule has 2 heterocycles. The molecule has 1 aromatic carbocycles. The van der Waals surface area contributed by atoms with E-state index in [1.54, 1.807) is 0 Å². The molecule has 7 nitrogen and oxygen atoms in total. The largest absolute Gasteiger partial charge is 0.411 e. The highest BCUT2D eigenvalue weighted by Gasteiger charge is 2.27. The lowest BCUT2D eigenvalue weighted by atomic mass is 9.94. The smallest absolute Gasteiger partial charge is 0.156 e. The van der Waals surface area contributed by atoms with Gasteiger partial charge < -0.3 is 5.21 Å². The Morgan fingerprint density at radius 3 is 2.81 bits per heavy atom. The van der Waals surface area contributed by atoms with Crippen LogP contribution in [0.2, 0.25) is 0 Å². The van der Waals surface area contributed by atoms with Gasteiger partial charge in [-0.25, -0.2) is 17.4 Å². The maximum absolute atomic E-state index is 13.4. The number of oxime groups is 1. The summed E-state index contributed by atoms with van der Waals surface area (Å²) in [5.41, 5.74) is -4.55. The molecule has 0 radical (unpaired) electrons. The summed E-state index contributed by atoms with van der Waals surface area (Å²) in [7, 11) is -4.62. The molecule has 1 aliphatic heterocycles. The van der Waals surface area contributed by atoms with Crippen LogP contribution < -0.4 is 0 Å². The van der Waals surface area contributed by atoms with Crippen molar-refractivity contribution in [3.8, 4) is 0 Å². The van der Waals surface area contributed by atoms with Crippen LogP contribution in [0, 0.1) is 11.7 Å². The Labute approximate surface area is 163 Å². The van der Waals surface area contributed by atoms with Crippen LogP contribution in [0.25, 0.3) is 0 Å². The van der Waals surface area contributed by atoms with Gasteiger partial charge in [0.15, 0.2) is 5.69 Å². The molecule has 0 unspecified atom stereocenters. The summed E-state index contributed by atoms with van der Waals surface area (Å²) in [6.07, 6.45) is -0.813.